The molecule has 2 aromatic rings. The first-order chi connectivity index (χ1) is 26.9. The standard InChI is InChI=1S/C41H54FN5O9S/c1-7-26-18-25(2)12-8-10-14-28-21-41(28,37(50)46-57(52,53)40(24-42)16-17-40)45-34(48)32-20-29(55-35-30-15-11-9-13-27(30)19-33(44-35)54-6)23-47(32)36(49)31(26)22-43-38(51)56-39(3,4)5/h9-11,13-15,19,22,25-26,28-29,32H,7-8,12,16-18,20-21,23-24H2,1-6H3,(H,43,51)(H,45,48)(H,46,50)/b14-10?,31-22+. The Morgan fingerprint density at radius 2 is 1.89 bits per heavy atom. The number of carbonyl (C=O) groups excluding carboxylic acids is 4. The van der Waals surface area contributed by atoms with E-state index < -0.39 is 74.5 Å². The third-order valence-electron chi connectivity index (χ3n) is 11.4. The zero-order chi connectivity index (χ0) is 41.3. The van der Waals surface area contributed by atoms with Gasteiger partial charge >= 0.3 is 6.09 Å². The fourth-order valence-electron chi connectivity index (χ4n) is 7.79. The maximum atomic E-state index is 14.9. The number of pyridine rings is 1. The molecule has 2 aliphatic carbocycles. The van der Waals surface area contributed by atoms with Crippen molar-refractivity contribution in [3.63, 3.8) is 0 Å². The number of allylic oxidation sites excluding steroid dienone is 1. The van der Waals surface area contributed by atoms with E-state index in [4.69, 9.17) is 14.2 Å². The van der Waals surface area contributed by atoms with Crippen molar-refractivity contribution in [2.24, 2.45) is 17.8 Å². The summed E-state index contributed by atoms with van der Waals surface area (Å²) in [6.45, 7) is 8.03. The number of methoxy groups -OCH3 is 1. The van der Waals surface area contributed by atoms with Crippen LogP contribution in [-0.4, -0.2) is 90.5 Å². The molecule has 0 bridgehead atoms. The molecule has 1 aromatic carbocycles. The summed E-state index contributed by atoms with van der Waals surface area (Å²) in [6, 6.07) is 8.00. The quantitative estimate of drug-likeness (QED) is 0.224. The number of alkyl carbamates (subject to hydrolysis) is 1. The number of aromatic nitrogens is 1. The molecule has 4 amide bonds. The van der Waals surface area contributed by atoms with Gasteiger partial charge in [0.2, 0.25) is 27.7 Å². The van der Waals surface area contributed by atoms with Crippen LogP contribution in [-0.2, 0) is 29.1 Å². The second-order valence-corrected chi connectivity index (χ2v) is 18.9. The Kier molecular flexibility index (Phi) is 11.9. The van der Waals surface area contributed by atoms with E-state index in [1.54, 1.807) is 26.8 Å². The van der Waals surface area contributed by atoms with Gasteiger partial charge in [-0.05, 0) is 89.0 Å². The number of hydrogen-bond acceptors (Lipinski definition) is 10. The van der Waals surface area contributed by atoms with Crippen LogP contribution >= 0.6 is 0 Å². The molecular weight excluding hydrogens is 758 g/mol. The molecule has 1 saturated heterocycles. The van der Waals surface area contributed by atoms with E-state index in [1.165, 1.54) is 18.2 Å². The van der Waals surface area contributed by atoms with Crippen LogP contribution in [0.1, 0.15) is 86.0 Å². The molecule has 2 saturated carbocycles. The molecule has 0 spiro atoms. The minimum Gasteiger partial charge on any atom is -0.481 e. The molecule has 14 nitrogen and oxygen atoms in total. The molecule has 0 radical (unpaired) electrons. The molecule has 1 aromatic heterocycles. The highest BCUT2D eigenvalue weighted by Gasteiger charge is 2.64. The van der Waals surface area contributed by atoms with Crippen molar-refractivity contribution in [3.8, 4) is 11.8 Å². The highest BCUT2D eigenvalue weighted by Crippen LogP contribution is 2.48. The SMILES string of the molecule is CCC1CC(C)CCC=CC2CC2(C(=O)NS(=O)(=O)C2(CF)CC2)NC(=O)C2CC(Oc3nc(OC)cc4ccccc34)CN2C(=O)/C1=C/NC(=O)OC(C)(C)C. The predicted octanol–water partition coefficient (Wildman–Crippen LogP) is 5.23. The lowest BCUT2D eigenvalue weighted by Crippen LogP contribution is -2.57. The first-order valence-corrected chi connectivity index (χ1v) is 21.2. The van der Waals surface area contributed by atoms with Crippen LogP contribution in [0.25, 0.3) is 10.8 Å². The van der Waals surface area contributed by atoms with E-state index in [9.17, 15) is 32.0 Å². The van der Waals surface area contributed by atoms with Gasteiger partial charge in [-0.2, -0.15) is 4.98 Å². The van der Waals surface area contributed by atoms with Gasteiger partial charge in [-0.3, -0.25) is 24.4 Å². The average Bonchev–Trinajstić information content (AvgIpc) is 4.06. The number of fused-ring (bicyclic) bond motifs is 3. The first kappa shape index (κ1) is 41.9. The summed E-state index contributed by atoms with van der Waals surface area (Å²) in [7, 11) is -2.90. The third kappa shape index (κ3) is 9.05. The summed E-state index contributed by atoms with van der Waals surface area (Å²) < 4.78 is 58.1. The highest BCUT2D eigenvalue weighted by molar-refractivity contribution is 7.91. The van der Waals surface area contributed by atoms with Gasteiger partial charge in [0, 0.05) is 35.6 Å². The second-order valence-electron chi connectivity index (χ2n) is 16.9. The Labute approximate surface area is 333 Å². The zero-order valence-corrected chi connectivity index (χ0v) is 34.2. The molecule has 57 heavy (non-hydrogen) atoms. The van der Waals surface area contributed by atoms with Crippen LogP contribution in [0.15, 0.2) is 54.3 Å². The number of sulfonamides is 1. The maximum absolute atomic E-state index is 14.9. The van der Waals surface area contributed by atoms with Crippen LogP contribution in [0, 0.1) is 17.8 Å². The van der Waals surface area contributed by atoms with Crippen LogP contribution in [0.2, 0.25) is 0 Å². The Bertz CT molecular complexity index is 2060. The normalized spacial score (nSPS) is 28.3. The first-order valence-electron chi connectivity index (χ1n) is 19.7. The van der Waals surface area contributed by atoms with E-state index in [-0.39, 0.29) is 55.5 Å². The van der Waals surface area contributed by atoms with Gasteiger partial charge in [0.15, 0.2) is 0 Å². The number of ether oxygens (including phenoxy) is 3. The summed E-state index contributed by atoms with van der Waals surface area (Å²) in [5.41, 5.74) is -2.18. The number of benzene rings is 1. The minimum absolute atomic E-state index is 0.00771. The van der Waals surface area contributed by atoms with E-state index in [0.29, 0.717) is 30.5 Å². The van der Waals surface area contributed by atoms with Crippen molar-refractivity contribution >= 4 is 44.6 Å². The number of nitrogens with one attached hydrogen (secondary N) is 3. The molecule has 2 aliphatic heterocycles. The highest BCUT2D eigenvalue weighted by atomic mass is 32.2. The average molecular weight is 812 g/mol. The molecule has 6 rings (SSSR count). The molecule has 3 fully saturated rings. The van der Waals surface area contributed by atoms with E-state index >= 15 is 0 Å². The molecule has 310 valence electrons. The van der Waals surface area contributed by atoms with Gasteiger partial charge in [0.05, 0.1) is 13.7 Å². The van der Waals surface area contributed by atoms with E-state index in [1.807, 2.05) is 43.3 Å². The topological polar surface area (TPSA) is 182 Å². The van der Waals surface area contributed by atoms with Crippen LogP contribution in [0.3, 0.4) is 0 Å². The van der Waals surface area contributed by atoms with Crippen molar-refractivity contribution in [1.82, 2.24) is 25.2 Å². The lowest BCUT2D eigenvalue weighted by molar-refractivity contribution is -0.138. The largest absolute Gasteiger partial charge is 0.481 e. The second kappa shape index (κ2) is 16.3. The summed E-state index contributed by atoms with van der Waals surface area (Å²) >= 11 is 0. The van der Waals surface area contributed by atoms with Crippen molar-refractivity contribution in [3.05, 3.63) is 54.3 Å². The third-order valence-corrected chi connectivity index (χ3v) is 13.5. The predicted molar refractivity (Wildman–Crippen MR) is 210 cm³/mol. The molecule has 6 unspecified atom stereocenters. The van der Waals surface area contributed by atoms with Gasteiger partial charge in [-0.25, -0.2) is 17.6 Å². The van der Waals surface area contributed by atoms with Crippen LogP contribution in [0.4, 0.5) is 9.18 Å². The number of rotatable bonds is 9. The van der Waals surface area contributed by atoms with Gasteiger partial charge in [-0.15, -0.1) is 0 Å². The molecule has 6 atom stereocenters. The van der Waals surface area contributed by atoms with Gasteiger partial charge < -0.3 is 24.4 Å². The molecular formula is C41H54FN5O9S. The smallest absolute Gasteiger partial charge is 0.411 e. The Hall–Kier alpha value is -4.73. The van der Waals surface area contributed by atoms with Gasteiger partial charge in [-0.1, -0.05) is 44.2 Å². The summed E-state index contributed by atoms with van der Waals surface area (Å²) in [4.78, 5) is 62.2. The zero-order valence-electron chi connectivity index (χ0n) is 33.4. The maximum Gasteiger partial charge on any atom is 0.411 e. The lowest BCUT2D eigenvalue weighted by Gasteiger charge is -2.30. The summed E-state index contributed by atoms with van der Waals surface area (Å²) in [6.07, 6.45) is 6.40. The van der Waals surface area contributed by atoms with E-state index in [0.717, 1.165) is 11.8 Å². The van der Waals surface area contributed by atoms with E-state index in [2.05, 4.69) is 27.3 Å². The molecule has 3 N–H and O–H groups in total. The lowest BCUT2D eigenvalue weighted by atomic mass is 9.85. The molecule has 3 heterocycles. The fraction of sp³-hybridized carbons (Fsp3) is 0.585. The number of carbonyl (C=O) groups is 4. The van der Waals surface area contributed by atoms with Crippen molar-refractivity contribution in [2.75, 3.05) is 20.3 Å². The number of nitrogens with zero attached hydrogens (tertiary/aromatic N) is 2. The monoisotopic (exact) mass is 811 g/mol. The fourth-order valence-corrected chi connectivity index (χ4v) is 9.22. The molecule has 4 aliphatic rings. The Balaban J connectivity index is 1.38. The van der Waals surface area contributed by atoms with Crippen molar-refractivity contribution in [1.29, 1.82) is 0 Å². The summed E-state index contributed by atoms with van der Waals surface area (Å²) in [5.74, 6) is -2.34. The molecule has 16 heteroatoms. The van der Waals surface area contributed by atoms with Gasteiger partial charge in [0.1, 0.15) is 34.7 Å². The van der Waals surface area contributed by atoms with Crippen molar-refractivity contribution < 1.29 is 46.2 Å². The number of halogens is 1. The van der Waals surface area contributed by atoms with Gasteiger partial charge in [0.25, 0.3) is 11.8 Å². The van der Waals surface area contributed by atoms with Crippen LogP contribution in [0.5, 0.6) is 11.8 Å². The number of alkyl halides is 1. The minimum atomic E-state index is -4.39. The number of hydrogen-bond donors (Lipinski definition) is 3. The van der Waals surface area contributed by atoms with Crippen molar-refractivity contribution in [2.45, 2.75) is 114 Å². The Morgan fingerprint density at radius 1 is 1.16 bits per heavy atom. The Morgan fingerprint density at radius 3 is 2.56 bits per heavy atom. The van der Waals surface area contributed by atoms with Crippen LogP contribution < -0.4 is 24.8 Å². The number of amides is 4. The summed E-state index contributed by atoms with van der Waals surface area (Å²) in [5, 5.41) is 6.97.